The number of halogens is 4. The van der Waals surface area contributed by atoms with E-state index in [1.165, 1.54) is 36.4 Å². The summed E-state index contributed by atoms with van der Waals surface area (Å²) in [5, 5.41) is 13.2. The number of amides is 1. The number of methoxy groups -OCH3 is 1. The minimum absolute atomic E-state index is 0. The van der Waals surface area contributed by atoms with Crippen molar-refractivity contribution in [3.63, 3.8) is 0 Å². The van der Waals surface area contributed by atoms with Crippen LogP contribution < -0.4 is 15.0 Å². The molecule has 0 spiro atoms. The Labute approximate surface area is 259 Å². The van der Waals surface area contributed by atoms with Crippen LogP contribution in [0.15, 0.2) is 57.9 Å². The second-order valence-corrected chi connectivity index (χ2v) is 12.0. The molecule has 0 bridgehead atoms. The molecule has 0 aliphatic carbocycles. The number of aromatic nitrogens is 2. The van der Waals surface area contributed by atoms with Crippen molar-refractivity contribution in [2.75, 3.05) is 40.0 Å². The lowest BCUT2D eigenvalue weighted by molar-refractivity contribution is -0.274. The zero-order chi connectivity index (χ0) is 31.1. The monoisotopic (exact) mass is 666 g/mol. The van der Waals surface area contributed by atoms with Gasteiger partial charge in [-0.3, -0.25) is 10.0 Å². The Kier molecular flexibility index (Phi) is 12.0. The molecule has 1 aliphatic rings. The molecule has 12 nitrogen and oxygen atoms in total. The summed E-state index contributed by atoms with van der Waals surface area (Å²) in [6, 6.07) is 10.8. The van der Waals surface area contributed by atoms with Gasteiger partial charge in [-0.25, -0.2) is 13.9 Å². The van der Waals surface area contributed by atoms with Crippen LogP contribution >= 0.6 is 12.4 Å². The first-order chi connectivity index (χ1) is 20.5. The number of aryl methyl sites for hydroxylation is 1. The molecule has 2 heterocycles. The molecule has 2 N–H and O–H groups in total. The van der Waals surface area contributed by atoms with Gasteiger partial charge in [-0.15, -0.1) is 25.6 Å². The molecular weight excluding hydrogens is 633 g/mol. The van der Waals surface area contributed by atoms with E-state index in [9.17, 15) is 31.6 Å². The van der Waals surface area contributed by atoms with Crippen LogP contribution in [0.25, 0.3) is 11.4 Å². The largest absolute Gasteiger partial charge is 0.573 e. The number of benzene rings is 2. The zero-order valence-electron chi connectivity index (χ0n) is 23.6. The van der Waals surface area contributed by atoms with Crippen molar-refractivity contribution in [3.05, 3.63) is 54.4 Å². The van der Waals surface area contributed by atoms with Gasteiger partial charge in [0.2, 0.25) is 11.7 Å². The van der Waals surface area contributed by atoms with Gasteiger partial charge in [-0.1, -0.05) is 5.16 Å². The number of piperidine rings is 1. The lowest BCUT2D eigenvalue weighted by atomic mass is 9.95. The molecule has 44 heavy (non-hydrogen) atoms. The van der Waals surface area contributed by atoms with Gasteiger partial charge in [0.1, 0.15) is 11.5 Å². The van der Waals surface area contributed by atoms with E-state index in [1.54, 1.807) is 12.6 Å². The summed E-state index contributed by atoms with van der Waals surface area (Å²) in [6.45, 7) is 2.02. The molecule has 1 fully saturated rings. The molecule has 0 saturated carbocycles. The maximum Gasteiger partial charge on any atom is 0.573 e. The standard InChI is InChI=1S/C27H31F3N4O8S.ClH.H2/c1-39-18-16-34-14-12-26(13-15-34,25(35)32-36)43(37,38)22-10-8-20(9-11-22)40-17-2-3-23-31-24(33-42-23)19-4-6-21(7-5-19)41-27(28,29)30;;/h4-11,36H,2-3,12-18H2,1H3,(H,32,35);2*1H. The molecule has 3 aromatic rings. The van der Waals surface area contributed by atoms with Crippen LogP contribution in [0.3, 0.4) is 0 Å². The van der Waals surface area contributed by atoms with Crippen LogP contribution in [-0.2, 0) is 25.8 Å². The van der Waals surface area contributed by atoms with E-state index >= 15 is 0 Å². The van der Waals surface area contributed by atoms with Gasteiger partial charge < -0.3 is 23.6 Å². The summed E-state index contributed by atoms with van der Waals surface area (Å²) in [4.78, 5) is 18.8. The summed E-state index contributed by atoms with van der Waals surface area (Å²) < 4.78 is 82.2. The number of nitrogens with zero attached hydrogens (tertiary/aromatic N) is 3. The number of hydrogen-bond donors (Lipinski definition) is 2. The number of hydroxylamine groups is 1. The maximum absolute atomic E-state index is 13.6. The molecule has 4 rings (SSSR count). The van der Waals surface area contributed by atoms with E-state index in [1.807, 2.05) is 4.90 Å². The van der Waals surface area contributed by atoms with Crippen molar-refractivity contribution in [2.45, 2.75) is 41.7 Å². The summed E-state index contributed by atoms with van der Waals surface area (Å²) in [7, 11) is -2.59. The van der Waals surface area contributed by atoms with E-state index in [2.05, 4.69) is 14.9 Å². The van der Waals surface area contributed by atoms with E-state index in [4.69, 9.17) is 14.0 Å². The number of carbonyl (C=O) groups is 1. The van der Waals surface area contributed by atoms with E-state index in [0.717, 1.165) is 12.1 Å². The number of hydrogen-bond acceptors (Lipinski definition) is 11. The molecule has 0 atom stereocenters. The SMILES string of the molecule is COCCN1CCC(C(=O)NO)(S(=O)(=O)c2ccc(OCCCc3nc(-c4ccc(OC(F)(F)F)cc4)no3)cc2)CC1.Cl.[HH]. The third kappa shape index (κ3) is 8.38. The number of nitrogens with one attached hydrogen (secondary N) is 1. The first-order valence-corrected chi connectivity index (χ1v) is 14.8. The number of rotatable bonds is 13. The van der Waals surface area contributed by atoms with Gasteiger partial charge in [-0.05, 0) is 67.8 Å². The van der Waals surface area contributed by atoms with Crippen molar-refractivity contribution in [3.8, 4) is 22.9 Å². The highest BCUT2D eigenvalue weighted by molar-refractivity contribution is 7.93. The lowest BCUT2D eigenvalue weighted by Gasteiger charge is -2.39. The van der Waals surface area contributed by atoms with Crippen LogP contribution in [0.4, 0.5) is 13.2 Å². The van der Waals surface area contributed by atoms with Crippen molar-refractivity contribution >= 4 is 28.2 Å². The normalized spacial score (nSPS) is 15.3. The molecular formula is C27H34ClF3N4O8S. The van der Waals surface area contributed by atoms with Gasteiger partial charge >= 0.3 is 6.36 Å². The van der Waals surface area contributed by atoms with Crippen LogP contribution in [-0.4, -0.2) is 85.6 Å². The first kappa shape index (κ1) is 35.0. The van der Waals surface area contributed by atoms with Gasteiger partial charge in [0.15, 0.2) is 14.6 Å². The van der Waals surface area contributed by atoms with E-state index in [-0.39, 0.29) is 49.8 Å². The number of likely N-dealkylation sites (tertiary alicyclic amines) is 1. The predicted molar refractivity (Wildman–Crippen MR) is 153 cm³/mol. The Morgan fingerprint density at radius 3 is 2.32 bits per heavy atom. The minimum atomic E-state index is -4.79. The molecule has 2 aromatic carbocycles. The first-order valence-electron chi connectivity index (χ1n) is 13.3. The Balaban J connectivity index is 0.00000353. The van der Waals surface area contributed by atoms with Gasteiger partial charge in [0.25, 0.3) is 5.91 Å². The van der Waals surface area contributed by atoms with Gasteiger partial charge in [0, 0.05) is 40.2 Å². The fraction of sp³-hybridized carbons (Fsp3) is 0.444. The molecule has 1 amide bonds. The zero-order valence-corrected chi connectivity index (χ0v) is 25.2. The Morgan fingerprint density at radius 2 is 1.73 bits per heavy atom. The van der Waals surface area contributed by atoms with Gasteiger partial charge in [-0.2, -0.15) is 4.98 Å². The predicted octanol–water partition coefficient (Wildman–Crippen LogP) is 4.07. The average molecular weight is 667 g/mol. The smallest absolute Gasteiger partial charge is 0.494 e. The fourth-order valence-corrected chi connectivity index (χ4v) is 6.67. The van der Waals surface area contributed by atoms with Gasteiger partial charge in [0.05, 0.1) is 18.1 Å². The molecule has 1 aliphatic heterocycles. The topological polar surface area (TPSA) is 153 Å². The molecule has 0 unspecified atom stereocenters. The quantitative estimate of drug-likeness (QED) is 0.154. The molecule has 17 heteroatoms. The highest BCUT2D eigenvalue weighted by atomic mass is 35.5. The van der Waals surface area contributed by atoms with Crippen molar-refractivity contribution in [1.82, 2.24) is 20.5 Å². The third-order valence-electron chi connectivity index (χ3n) is 7.06. The van der Waals surface area contributed by atoms with Crippen LogP contribution in [0, 0.1) is 0 Å². The van der Waals surface area contributed by atoms with Crippen LogP contribution in [0.5, 0.6) is 11.5 Å². The maximum atomic E-state index is 13.6. The minimum Gasteiger partial charge on any atom is -0.494 e. The Bertz CT molecular complexity index is 1470. The summed E-state index contributed by atoms with van der Waals surface area (Å²) in [5.41, 5.74) is 1.99. The number of sulfone groups is 1. The van der Waals surface area contributed by atoms with Crippen molar-refractivity contribution in [2.24, 2.45) is 0 Å². The second-order valence-electron chi connectivity index (χ2n) is 9.78. The fourth-order valence-electron chi connectivity index (χ4n) is 4.71. The lowest BCUT2D eigenvalue weighted by Crippen LogP contribution is -2.57. The summed E-state index contributed by atoms with van der Waals surface area (Å²) in [6.07, 6.45) is -3.93. The Hall–Kier alpha value is -3.44. The molecule has 1 saturated heterocycles. The summed E-state index contributed by atoms with van der Waals surface area (Å²) in [5.74, 6) is -0.412. The van der Waals surface area contributed by atoms with E-state index in [0.29, 0.717) is 56.3 Å². The van der Waals surface area contributed by atoms with E-state index < -0.39 is 26.9 Å². The highest BCUT2D eigenvalue weighted by Crippen LogP contribution is 2.36. The number of carbonyl (C=O) groups excluding carboxylic acids is 1. The highest BCUT2D eigenvalue weighted by Gasteiger charge is 2.52. The number of alkyl halides is 3. The third-order valence-corrected chi connectivity index (χ3v) is 9.57. The Morgan fingerprint density at radius 1 is 1.09 bits per heavy atom. The average Bonchev–Trinajstić information content (AvgIpc) is 3.47. The number of ether oxygens (including phenoxy) is 3. The summed E-state index contributed by atoms with van der Waals surface area (Å²) >= 11 is 0. The van der Waals surface area contributed by atoms with Crippen LogP contribution in [0.2, 0.25) is 0 Å². The van der Waals surface area contributed by atoms with Crippen molar-refractivity contribution < 1.29 is 51.8 Å². The molecule has 0 radical (unpaired) electrons. The van der Waals surface area contributed by atoms with Crippen LogP contribution in [0.1, 0.15) is 26.6 Å². The second kappa shape index (κ2) is 15.0. The molecule has 244 valence electrons. The molecule has 1 aromatic heterocycles. The van der Waals surface area contributed by atoms with Crippen molar-refractivity contribution in [1.29, 1.82) is 0 Å².